The molecule has 0 fully saturated rings. The Bertz CT molecular complexity index is 768. The lowest BCUT2D eigenvalue weighted by atomic mass is 10.2. The van der Waals surface area contributed by atoms with Crippen LogP contribution >= 0.6 is 0 Å². The van der Waals surface area contributed by atoms with Crippen LogP contribution in [-0.4, -0.2) is 20.9 Å². The first kappa shape index (κ1) is 13.0. The summed E-state index contributed by atoms with van der Waals surface area (Å²) in [4.78, 5) is 24.4. The number of hydrogen-bond acceptors (Lipinski definition) is 5. The Morgan fingerprint density at radius 1 is 1.14 bits per heavy atom. The van der Waals surface area contributed by atoms with Gasteiger partial charge in [-0.3, -0.25) is 4.79 Å². The molecule has 0 radical (unpaired) electrons. The smallest absolute Gasteiger partial charge is 0.279 e. The third kappa shape index (κ3) is 2.79. The van der Waals surface area contributed by atoms with Crippen LogP contribution in [-0.2, 0) is 0 Å². The number of carbonyl (C=O) groups excluding carboxylic acids is 1. The Kier molecular flexibility index (Phi) is 3.42. The van der Waals surface area contributed by atoms with E-state index in [-0.39, 0.29) is 11.6 Å². The van der Waals surface area contributed by atoms with E-state index in [1.807, 2.05) is 30.3 Å². The molecular weight excluding hydrogens is 268 g/mol. The van der Waals surface area contributed by atoms with Crippen LogP contribution in [0, 0.1) is 6.92 Å². The van der Waals surface area contributed by atoms with Crippen LogP contribution in [0.2, 0.25) is 0 Å². The van der Waals surface area contributed by atoms with E-state index >= 15 is 0 Å². The molecule has 1 amide bonds. The molecule has 2 aromatic heterocycles. The molecule has 0 aliphatic heterocycles. The molecule has 3 aromatic rings. The number of nitrogens with one attached hydrogen (secondary N) is 1. The number of nitrogens with zero attached hydrogens (tertiary/aromatic N) is 3. The van der Waals surface area contributed by atoms with E-state index in [1.165, 1.54) is 6.39 Å². The van der Waals surface area contributed by atoms with Gasteiger partial charge in [-0.05, 0) is 13.0 Å². The third-order valence-corrected chi connectivity index (χ3v) is 2.89. The predicted octanol–water partition coefficient (Wildman–Crippen LogP) is 2.69. The van der Waals surface area contributed by atoms with E-state index in [9.17, 15) is 4.79 Å². The number of oxazole rings is 1. The van der Waals surface area contributed by atoms with Gasteiger partial charge in [0.05, 0.1) is 0 Å². The number of amides is 1. The molecule has 21 heavy (non-hydrogen) atoms. The van der Waals surface area contributed by atoms with Crippen LogP contribution < -0.4 is 5.32 Å². The van der Waals surface area contributed by atoms with Crippen LogP contribution in [0.15, 0.2) is 53.4 Å². The van der Waals surface area contributed by atoms with Crippen LogP contribution in [0.25, 0.3) is 11.4 Å². The first-order valence-electron chi connectivity index (χ1n) is 6.34. The fraction of sp³-hybridized carbons (Fsp3) is 0.0667. The van der Waals surface area contributed by atoms with E-state index in [4.69, 9.17) is 4.42 Å². The van der Waals surface area contributed by atoms with Crippen molar-refractivity contribution < 1.29 is 9.21 Å². The van der Waals surface area contributed by atoms with Gasteiger partial charge >= 0.3 is 0 Å². The molecule has 1 N–H and O–H groups in total. The Morgan fingerprint density at radius 2 is 1.95 bits per heavy atom. The highest BCUT2D eigenvalue weighted by atomic mass is 16.3. The molecule has 0 spiro atoms. The van der Waals surface area contributed by atoms with Crippen molar-refractivity contribution in [1.82, 2.24) is 15.0 Å². The summed E-state index contributed by atoms with van der Waals surface area (Å²) in [6, 6.07) is 11.2. The highest BCUT2D eigenvalue weighted by Gasteiger charge is 2.14. The Morgan fingerprint density at radius 3 is 2.67 bits per heavy atom. The van der Waals surface area contributed by atoms with Crippen molar-refractivity contribution in [3.63, 3.8) is 0 Å². The molecule has 3 rings (SSSR count). The average molecular weight is 280 g/mol. The minimum absolute atomic E-state index is 0.245. The number of rotatable bonds is 3. The minimum atomic E-state index is -0.362. The predicted molar refractivity (Wildman–Crippen MR) is 76.7 cm³/mol. The normalized spacial score (nSPS) is 10.3. The molecule has 0 saturated heterocycles. The summed E-state index contributed by atoms with van der Waals surface area (Å²) in [5.41, 5.74) is 1.13. The zero-order chi connectivity index (χ0) is 14.7. The summed E-state index contributed by atoms with van der Waals surface area (Å²) in [5.74, 6) is 1.06. The Labute approximate surface area is 120 Å². The minimum Gasteiger partial charge on any atom is -0.448 e. The maximum atomic E-state index is 12.0. The van der Waals surface area contributed by atoms with Gasteiger partial charge in [-0.15, -0.1) is 0 Å². The highest BCUT2D eigenvalue weighted by Crippen LogP contribution is 2.16. The number of benzene rings is 1. The van der Waals surface area contributed by atoms with E-state index in [2.05, 4.69) is 20.3 Å². The van der Waals surface area contributed by atoms with Crippen LogP contribution in [0.5, 0.6) is 0 Å². The molecule has 0 atom stereocenters. The van der Waals surface area contributed by atoms with Crippen molar-refractivity contribution in [2.45, 2.75) is 6.92 Å². The third-order valence-electron chi connectivity index (χ3n) is 2.89. The monoisotopic (exact) mass is 280 g/mol. The van der Waals surface area contributed by atoms with Gasteiger partial charge in [0, 0.05) is 11.8 Å². The maximum Gasteiger partial charge on any atom is 0.279 e. The lowest BCUT2D eigenvalue weighted by Gasteiger charge is -2.05. The average Bonchev–Trinajstić information content (AvgIpc) is 2.95. The Hall–Kier alpha value is -3.02. The van der Waals surface area contributed by atoms with Gasteiger partial charge in [-0.25, -0.2) is 15.0 Å². The second-order valence-electron chi connectivity index (χ2n) is 4.34. The van der Waals surface area contributed by atoms with E-state index in [1.54, 1.807) is 19.2 Å². The van der Waals surface area contributed by atoms with Gasteiger partial charge in [-0.1, -0.05) is 30.3 Å². The highest BCUT2D eigenvalue weighted by molar-refractivity contribution is 6.02. The fourth-order valence-electron chi connectivity index (χ4n) is 1.85. The van der Waals surface area contributed by atoms with Crippen molar-refractivity contribution >= 4 is 11.7 Å². The van der Waals surface area contributed by atoms with Crippen molar-refractivity contribution in [3.8, 4) is 11.4 Å². The SMILES string of the molecule is Cc1ocnc1C(=O)Nc1ccnc(-c2ccccc2)n1. The van der Waals surface area contributed by atoms with E-state index < -0.39 is 0 Å². The van der Waals surface area contributed by atoms with Crippen LogP contribution in [0.1, 0.15) is 16.2 Å². The second-order valence-corrected chi connectivity index (χ2v) is 4.34. The summed E-state index contributed by atoms with van der Waals surface area (Å²) >= 11 is 0. The summed E-state index contributed by atoms with van der Waals surface area (Å²) < 4.78 is 5.01. The first-order valence-corrected chi connectivity index (χ1v) is 6.34. The molecule has 0 saturated carbocycles. The zero-order valence-corrected chi connectivity index (χ0v) is 11.3. The van der Waals surface area contributed by atoms with Gasteiger partial charge in [0.2, 0.25) is 0 Å². The van der Waals surface area contributed by atoms with Crippen LogP contribution in [0.3, 0.4) is 0 Å². The quantitative estimate of drug-likeness (QED) is 0.797. The molecule has 104 valence electrons. The van der Waals surface area contributed by atoms with Crippen LogP contribution in [0.4, 0.5) is 5.82 Å². The number of hydrogen-bond donors (Lipinski definition) is 1. The van der Waals surface area contributed by atoms with Gasteiger partial charge in [0.15, 0.2) is 17.9 Å². The summed E-state index contributed by atoms with van der Waals surface area (Å²) in [5, 5.41) is 2.68. The molecule has 2 heterocycles. The Balaban J connectivity index is 1.84. The van der Waals surface area contributed by atoms with Gasteiger partial charge in [0.25, 0.3) is 5.91 Å². The number of aryl methyl sites for hydroxylation is 1. The van der Waals surface area contributed by atoms with Crippen molar-refractivity contribution in [1.29, 1.82) is 0 Å². The molecule has 1 aromatic carbocycles. The molecule has 6 heteroatoms. The standard InChI is InChI=1S/C15H12N4O2/c1-10-13(17-9-21-10)15(20)19-12-7-8-16-14(18-12)11-5-3-2-4-6-11/h2-9H,1H3,(H,16,18,19,20). The van der Waals surface area contributed by atoms with E-state index in [0.29, 0.717) is 17.4 Å². The number of anilines is 1. The fourth-order valence-corrected chi connectivity index (χ4v) is 1.85. The molecule has 0 aliphatic rings. The van der Waals surface area contributed by atoms with Crippen molar-refractivity contribution in [2.75, 3.05) is 5.32 Å². The molecule has 0 aliphatic carbocycles. The van der Waals surface area contributed by atoms with Crippen molar-refractivity contribution in [2.24, 2.45) is 0 Å². The van der Waals surface area contributed by atoms with E-state index in [0.717, 1.165) is 5.56 Å². The molecule has 6 nitrogen and oxygen atoms in total. The number of carbonyl (C=O) groups is 1. The summed E-state index contributed by atoms with van der Waals surface area (Å²) in [6.45, 7) is 1.68. The van der Waals surface area contributed by atoms with Gasteiger partial charge in [0.1, 0.15) is 11.6 Å². The lowest BCUT2D eigenvalue weighted by molar-refractivity contribution is 0.102. The summed E-state index contributed by atoms with van der Waals surface area (Å²) in [7, 11) is 0. The number of aromatic nitrogens is 3. The zero-order valence-electron chi connectivity index (χ0n) is 11.3. The topological polar surface area (TPSA) is 80.9 Å². The van der Waals surface area contributed by atoms with Gasteiger partial charge in [-0.2, -0.15) is 0 Å². The largest absolute Gasteiger partial charge is 0.448 e. The lowest BCUT2D eigenvalue weighted by Crippen LogP contribution is -2.14. The second kappa shape index (κ2) is 5.54. The van der Waals surface area contributed by atoms with Gasteiger partial charge < -0.3 is 9.73 Å². The molecule has 0 unspecified atom stereocenters. The van der Waals surface area contributed by atoms with Crippen molar-refractivity contribution in [3.05, 3.63) is 60.4 Å². The molecule has 0 bridgehead atoms. The molecular formula is C15H12N4O2. The first-order chi connectivity index (χ1) is 10.2. The maximum absolute atomic E-state index is 12.0. The summed E-state index contributed by atoms with van der Waals surface area (Å²) in [6.07, 6.45) is 2.83.